The molecule has 0 aliphatic carbocycles. The van der Waals surface area contributed by atoms with Crippen LogP contribution in [0.5, 0.6) is 0 Å². The van der Waals surface area contributed by atoms with Crippen molar-refractivity contribution < 1.29 is 4.79 Å². The van der Waals surface area contributed by atoms with Gasteiger partial charge >= 0.3 is 0 Å². The number of benzene rings is 1. The zero-order valence-corrected chi connectivity index (χ0v) is 11.8. The molecule has 1 fully saturated rings. The topological polar surface area (TPSA) is 41.1 Å². The number of piperidine rings is 1. The highest BCUT2D eigenvalue weighted by molar-refractivity contribution is 7.99. The van der Waals surface area contributed by atoms with Gasteiger partial charge in [0.1, 0.15) is 0 Å². The van der Waals surface area contributed by atoms with Crippen LogP contribution >= 0.6 is 11.8 Å². The van der Waals surface area contributed by atoms with E-state index in [1.807, 2.05) is 12.1 Å². The first-order valence-electron chi connectivity index (χ1n) is 7.07. The van der Waals surface area contributed by atoms with Gasteiger partial charge in [0.2, 0.25) is 5.91 Å². The summed E-state index contributed by atoms with van der Waals surface area (Å²) in [6.45, 7) is 1.85. The van der Waals surface area contributed by atoms with E-state index in [0.29, 0.717) is 6.04 Å². The molecule has 0 aromatic heterocycles. The Kier molecular flexibility index (Phi) is 4.09. The largest absolute Gasteiger partial charge is 0.354 e. The van der Waals surface area contributed by atoms with Crippen LogP contribution in [0.1, 0.15) is 30.7 Å². The number of carbonyl (C=O) groups is 1. The molecule has 2 unspecified atom stereocenters. The molecular weight excluding hydrogens is 256 g/mol. The SMILES string of the molecule is O=C(NCC1CCCCN1)C1CSc2ccccc21. The summed E-state index contributed by atoms with van der Waals surface area (Å²) in [5.41, 5.74) is 1.20. The molecule has 3 nitrogen and oxygen atoms in total. The van der Waals surface area contributed by atoms with Gasteiger partial charge in [-0.15, -0.1) is 11.8 Å². The van der Waals surface area contributed by atoms with E-state index >= 15 is 0 Å². The van der Waals surface area contributed by atoms with Gasteiger partial charge in [-0.2, -0.15) is 0 Å². The van der Waals surface area contributed by atoms with Crippen LogP contribution in [0.25, 0.3) is 0 Å². The number of carbonyl (C=O) groups excluding carboxylic acids is 1. The number of hydrogen-bond acceptors (Lipinski definition) is 3. The number of thioether (sulfide) groups is 1. The van der Waals surface area contributed by atoms with E-state index in [1.165, 1.54) is 29.7 Å². The fourth-order valence-corrected chi connectivity index (χ4v) is 4.05. The molecule has 3 rings (SSSR count). The van der Waals surface area contributed by atoms with Gasteiger partial charge in [0.15, 0.2) is 0 Å². The minimum Gasteiger partial charge on any atom is -0.354 e. The molecule has 2 aliphatic rings. The van der Waals surface area contributed by atoms with E-state index in [0.717, 1.165) is 18.8 Å². The van der Waals surface area contributed by atoms with Crippen LogP contribution in [0.15, 0.2) is 29.2 Å². The lowest BCUT2D eigenvalue weighted by Gasteiger charge is -2.24. The molecule has 1 aromatic carbocycles. The Morgan fingerprint density at radius 2 is 2.26 bits per heavy atom. The standard InChI is InChI=1S/C15H20N2OS/c18-15(17-9-11-5-3-4-8-16-11)13-10-19-14-7-2-1-6-12(13)14/h1-2,6-7,11,13,16H,3-5,8-10H2,(H,17,18). The maximum absolute atomic E-state index is 12.3. The molecule has 0 radical (unpaired) electrons. The molecule has 0 spiro atoms. The van der Waals surface area contributed by atoms with Crippen LogP contribution < -0.4 is 10.6 Å². The Morgan fingerprint density at radius 1 is 1.37 bits per heavy atom. The first kappa shape index (κ1) is 13.0. The third-order valence-electron chi connectivity index (χ3n) is 3.95. The van der Waals surface area contributed by atoms with E-state index in [2.05, 4.69) is 22.8 Å². The van der Waals surface area contributed by atoms with Gasteiger partial charge in [0.25, 0.3) is 0 Å². The molecule has 2 aliphatic heterocycles. The molecule has 0 bridgehead atoms. The number of fused-ring (bicyclic) bond motifs is 1. The quantitative estimate of drug-likeness (QED) is 0.888. The minimum absolute atomic E-state index is 0.0322. The van der Waals surface area contributed by atoms with Crippen molar-refractivity contribution in [2.45, 2.75) is 36.1 Å². The Labute approximate surface area is 118 Å². The minimum atomic E-state index is 0.0322. The van der Waals surface area contributed by atoms with Gasteiger partial charge in [-0.25, -0.2) is 0 Å². The van der Waals surface area contributed by atoms with Crippen molar-refractivity contribution in [2.75, 3.05) is 18.8 Å². The summed E-state index contributed by atoms with van der Waals surface area (Å²) >= 11 is 1.79. The van der Waals surface area contributed by atoms with Gasteiger partial charge in [0, 0.05) is 23.2 Å². The second-order valence-electron chi connectivity index (χ2n) is 5.29. The first-order chi connectivity index (χ1) is 9.34. The lowest BCUT2D eigenvalue weighted by Crippen LogP contribution is -2.44. The Balaban J connectivity index is 1.56. The van der Waals surface area contributed by atoms with Crippen LogP contribution in [0.4, 0.5) is 0 Å². The van der Waals surface area contributed by atoms with Crippen molar-refractivity contribution in [2.24, 2.45) is 0 Å². The summed E-state index contributed by atoms with van der Waals surface area (Å²) in [7, 11) is 0. The monoisotopic (exact) mass is 276 g/mol. The van der Waals surface area contributed by atoms with Crippen LogP contribution in [-0.4, -0.2) is 30.8 Å². The number of amides is 1. The maximum atomic E-state index is 12.3. The maximum Gasteiger partial charge on any atom is 0.228 e. The molecule has 2 heterocycles. The zero-order chi connectivity index (χ0) is 13.1. The molecule has 4 heteroatoms. The summed E-state index contributed by atoms with van der Waals surface area (Å²) < 4.78 is 0. The first-order valence-corrected chi connectivity index (χ1v) is 8.06. The Hall–Kier alpha value is -1.00. The van der Waals surface area contributed by atoms with E-state index in [1.54, 1.807) is 11.8 Å². The van der Waals surface area contributed by atoms with Crippen molar-refractivity contribution in [1.29, 1.82) is 0 Å². The molecule has 2 atom stereocenters. The van der Waals surface area contributed by atoms with Gasteiger partial charge in [-0.1, -0.05) is 24.6 Å². The number of nitrogens with one attached hydrogen (secondary N) is 2. The summed E-state index contributed by atoms with van der Waals surface area (Å²) in [5, 5.41) is 6.58. The normalized spacial score (nSPS) is 25.9. The molecule has 1 saturated heterocycles. The Morgan fingerprint density at radius 3 is 3.11 bits per heavy atom. The van der Waals surface area contributed by atoms with Crippen molar-refractivity contribution >= 4 is 17.7 Å². The molecule has 0 saturated carbocycles. The third-order valence-corrected chi connectivity index (χ3v) is 5.13. The molecule has 1 amide bonds. The van der Waals surface area contributed by atoms with Gasteiger partial charge in [0.05, 0.1) is 5.92 Å². The fraction of sp³-hybridized carbons (Fsp3) is 0.533. The summed E-state index contributed by atoms with van der Waals surface area (Å²) in [5.74, 6) is 1.10. The highest BCUT2D eigenvalue weighted by atomic mass is 32.2. The van der Waals surface area contributed by atoms with Crippen LogP contribution in [0.3, 0.4) is 0 Å². The van der Waals surface area contributed by atoms with Gasteiger partial charge in [-0.05, 0) is 31.0 Å². The van der Waals surface area contributed by atoms with Crippen LogP contribution in [0, 0.1) is 0 Å². The van der Waals surface area contributed by atoms with Gasteiger partial charge < -0.3 is 10.6 Å². The molecule has 1 aromatic rings. The second-order valence-corrected chi connectivity index (χ2v) is 6.36. The average Bonchev–Trinajstić information content (AvgIpc) is 2.90. The highest BCUT2D eigenvalue weighted by Gasteiger charge is 2.29. The lowest BCUT2D eigenvalue weighted by molar-refractivity contribution is -0.122. The molecule has 102 valence electrons. The summed E-state index contributed by atoms with van der Waals surface area (Å²) in [4.78, 5) is 13.6. The van der Waals surface area contributed by atoms with Crippen molar-refractivity contribution in [3.63, 3.8) is 0 Å². The summed E-state index contributed by atoms with van der Waals surface area (Å²) in [6.07, 6.45) is 3.71. The zero-order valence-electron chi connectivity index (χ0n) is 11.0. The predicted molar refractivity (Wildman–Crippen MR) is 78.6 cm³/mol. The average molecular weight is 276 g/mol. The van der Waals surface area contributed by atoms with E-state index in [-0.39, 0.29) is 11.8 Å². The predicted octanol–water partition coefficient (Wildman–Crippen LogP) is 2.13. The van der Waals surface area contributed by atoms with E-state index in [4.69, 9.17) is 0 Å². The third kappa shape index (κ3) is 2.95. The van der Waals surface area contributed by atoms with Crippen molar-refractivity contribution in [1.82, 2.24) is 10.6 Å². The molecular formula is C15H20N2OS. The summed E-state index contributed by atoms with van der Waals surface area (Å²) in [6, 6.07) is 8.71. The van der Waals surface area contributed by atoms with Crippen LogP contribution in [0.2, 0.25) is 0 Å². The Bertz CT molecular complexity index is 457. The van der Waals surface area contributed by atoms with Crippen molar-refractivity contribution in [3.05, 3.63) is 29.8 Å². The number of hydrogen-bond donors (Lipinski definition) is 2. The lowest BCUT2D eigenvalue weighted by atomic mass is 10.00. The number of rotatable bonds is 3. The van der Waals surface area contributed by atoms with Gasteiger partial charge in [-0.3, -0.25) is 4.79 Å². The molecule has 2 N–H and O–H groups in total. The van der Waals surface area contributed by atoms with Crippen molar-refractivity contribution in [3.8, 4) is 0 Å². The highest BCUT2D eigenvalue weighted by Crippen LogP contribution is 2.39. The van der Waals surface area contributed by atoms with E-state index in [9.17, 15) is 4.79 Å². The molecule has 19 heavy (non-hydrogen) atoms. The van der Waals surface area contributed by atoms with Crippen LogP contribution in [-0.2, 0) is 4.79 Å². The van der Waals surface area contributed by atoms with E-state index < -0.39 is 0 Å². The fourth-order valence-electron chi connectivity index (χ4n) is 2.82. The smallest absolute Gasteiger partial charge is 0.228 e. The second kappa shape index (κ2) is 5.97.